The highest BCUT2D eigenvalue weighted by Gasteiger charge is 2.30. The molecule has 0 spiro atoms. The Morgan fingerprint density at radius 2 is 0.972 bits per heavy atom. The van der Waals surface area contributed by atoms with Crippen LogP contribution in [0.2, 0.25) is 0 Å². The van der Waals surface area contributed by atoms with Gasteiger partial charge in [0.1, 0.15) is 24.4 Å². The summed E-state index contributed by atoms with van der Waals surface area (Å²) in [6.45, 7) is 6.49. The summed E-state index contributed by atoms with van der Waals surface area (Å²) in [4.78, 5) is 9.98. The predicted octanol–water partition coefficient (Wildman–Crippen LogP) is 2.52. The molecule has 0 fully saturated rings. The van der Waals surface area contributed by atoms with Crippen LogP contribution in [0.15, 0.2) is 0 Å². The summed E-state index contributed by atoms with van der Waals surface area (Å²) in [7, 11) is 4.87. The third-order valence-corrected chi connectivity index (χ3v) is 6.73. The van der Waals surface area contributed by atoms with Crippen molar-refractivity contribution in [2.75, 3.05) is 33.8 Å². The van der Waals surface area contributed by atoms with Gasteiger partial charge >= 0.3 is 0 Å². The highest BCUT2D eigenvalue weighted by molar-refractivity contribution is 5.70. The summed E-state index contributed by atoms with van der Waals surface area (Å²) < 4.78 is 1.24. The van der Waals surface area contributed by atoms with Gasteiger partial charge in [-0.15, -0.1) is 0 Å². The van der Waals surface area contributed by atoms with Crippen molar-refractivity contribution >= 4 is 5.97 Å². The third kappa shape index (κ3) is 22.4. The summed E-state index contributed by atoms with van der Waals surface area (Å²) in [5, 5.41) is 53.4. The average molecular weight is 522 g/mol. The number of aliphatic hydroxyl groups excluding tert-OH is 5. The number of hydrogen-bond donors (Lipinski definition) is 5. The molecule has 8 heteroatoms. The second kappa shape index (κ2) is 24.6. The van der Waals surface area contributed by atoms with Gasteiger partial charge in [0.15, 0.2) is 0 Å². The van der Waals surface area contributed by atoms with Crippen molar-refractivity contribution in [3.05, 3.63) is 0 Å². The smallest absolute Gasteiger partial charge is 0.122 e. The molecule has 4 atom stereocenters. The van der Waals surface area contributed by atoms with Gasteiger partial charge in [-0.1, -0.05) is 90.9 Å². The monoisotopic (exact) mass is 521 g/mol. The average Bonchev–Trinajstić information content (AvgIpc) is 2.85. The summed E-state index contributed by atoms with van der Waals surface area (Å²) in [5.41, 5.74) is 0. The van der Waals surface area contributed by atoms with Crippen LogP contribution in [0.1, 0.15) is 117 Å². The van der Waals surface area contributed by atoms with Crippen molar-refractivity contribution in [3.8, 4) is 0 Å². The highest BCUT2D eigenvalue weighted by Crippen LogP contribution is 2.13. The van der Waals surface area contributed by atoms with E-state index in [9.17, 15) is 9.90 Å². The van der Waals surface area contributed by atoms with E-state index < -0.39 is 37.0 Å². The van der Waals surface area contributed by atoms with Crippen LogP contribution in [0, 0.1) is 0 Å². The SMILES string of the molecule is CCCCCCCCCC[N+](C)(C)CCCCCCCCCC.O=C([O-])C(O)C(O)C(O)C(O)CO. The minimum atomic E-state index is -2.31. The zero-order valence-corrected chi connectivity index (χ0v) is 23.7. The van der Waals surface area contributed by atoms with Gasteiger partial charge in [0.25, 0.3) is 0 Å². The molecule has 0 aromatic heterocycles. The van der Waals surface area contributed by atoms with E-state index in [4.69, 9.17) is 25.5 Å². The molecule has 218 valence electrons. The molecule has 5 N–H and O–H groups in total. The lowest BCUT2D eigenvalue weighted by Crippen LogP contribution is -2.52. The van der Waals surface area contributed by atoms with Crippen molar-refractivity contribution in [1.82, 2.24) is 0 Å². The molecule has 0 heterocycles. The fraction of sp³-hybridized carbons (Fsp3) is 0.964. The minimum absolute atomic E-state index is 0.863. The first-order valence-electron chi connectivity index (χ1n) is 14.4. The molecule has 0 saturated carbocycles. The topological polar surface area (TPSA) is 141 Å². The molecule has 0 aromatic rings. The maximum atomic E-state index is 9.98. The van der Waals surface area contributed by atoms with Crippen molar-refractivity contribution in [2.45, 2.75) is 141 Å². The standard InChI is InChI=1S/C22H48N.C6H12O7/c1-5-7-9-11-13-15-17-19-21-23(3,4)22-20-18-16-14-12-10-8-6-2;7-1-2(8)3(9)4(10)5(11)6(12)13/h5-22H2,1-4H3;2-5,7-11H,1H2,(H,12,13)/q+1;/p-1. The minimum Gasteiger partial charge on any atom is -0.547 e. The zero-order chi connectivity index (χ0) is 27.8. The fourth-order valence-corrected chi connectivity index (χ4v) is 4.12. The Morgan fingerprint density at radius 3 is 1.28 bits per heavy atom. The van der Waals surface area contributed by atoms with Crippen molar-refractivity contribution in [2.24, 2.45) is 0 Å². The summed E-state index contributed by atoms with van der Waals surface area (Å²) in [6, 6.07) is 0. The lowest BCUT2D eigenvalue weighted by molar-refractivity contribution is -0.890. The Morgan fingerprint density at radius 1 is 0.639 bits per heavy atom. The molecule has 0 aliphatic heterocycles. The van der Waals surface area contributed by atoms with Gasteiger partial charge in [0.2, 0.25) is 0 Å². The second-order valence-corrected chi connectivity index (χ2v) is 10.8. The summed E-state index contributed by atoms with van der Waals surface area (Å²) >= 11 is 0. The number of carbonyl (C=O) groups excluding carboxylic acids is 1. The number of aliphatic carboxylic acids is 1. The Kier molecular flexibility index (Phi) is 25.5. The van der Waals surface area contributed by atoms with Gasteiger partial charge < -0.3 is 39.9 Å². The number of unbranched alkanes of at least 4 members (excludes halogenated alkanes) is 14. The molecule has 0 aromatic carbocycles. The molecule has 0 bridgehead atoms. The molecule has 0 saturated heterocycles. The number of aliphatic hydroxyl groups is 5. The van der Waals surface area contributed by atoms with Crippen LogP contribution in [-0.4, -0.2) is 94.2 Å². The highest BCUT2D eigenvalue weighted by atomic mass is 16.4. The molecule has 0 amide bonds. The van der Waals surface area contributed by atoms with E-state index in [2.05, 4.69) is 27.9 Å². The van der Waals surface area contributed by atoms with Crippen LogP contribution in [0.3, 0.4) is 0 Å². The molecule has 0 rings (SSSR count). The lowest BCUT2D eigenvalue weighted by atomic mass is 10.0. The van der Waals surface area contributed by atoms with Gasteiger partial charge in [0, 0.05) is 0 Å². The number of quaternary nitrogens is 1. The van der Waals surface area contributed by atoms with Crippen LogP contribution >= 0.6 is 0 Å². The first-order chi connectivity index (χ1) is 17.0. The van der Waals surface area contributed by atoms with Gasteiger partial charge in [-0.2, -0.15) is 0 Å². The van der Waals surface area contributed by atoms with Crippen LogP contribution in [-0.2, 0) is 4.79 Å². The first kappa shape index (κ1) is 37.4. The van der Waals surface area contributed by atoms with Crippen molar-refractivity contribution in [3.63, 3.8) is 0 Å². The van der Waals surface area contributed by atoms with Crippen LogP contribution in [0.4, 0.5) is 0 Å². The molecule has 36 heavy (non-hydrogen) atoms. The maximum absolute atomic E-state index is 9.98. The number of carboxylic acids is 1. The van der Waals surface area contributed by atoms with Gasteiger partial charge in [-0.3, -0.25) is 0 Å². The van der Waals surface area contributed by atoms with E-state index >= 15 is 0 Å². The lowest BCUT2D eigenvalue weighted by Gasteiger charge is -2.30. The van der Waals surface area contributed by atoms with E-state index in [0.29, 0.717) is 0 Å². The number of carboxylic acid groups (broad SMARTS) is 1. The van der Waals surface area contributed by atoms with E-state index in [-0.39, 0.29) is 0 Å². The first-order valence-corrected chi connectivity index (χ1v) is 14.4. The number of carbonyl (C=O) groups is 1. The Labute approximate surface area is 220 Å². The Balaban J connectivity index is 0. The van der Waals surface area contributed by atoms with Gasteiger partial charge in [-0.25, -0.2) is 0 Å². The summed E-state index contributed by atoms with van der Waals surface area (Å²) in [5.74, 6) is -1.98. The quantitative estimate of drug-likeness (QED) is 0.103. The fourth-order valence-electron chi connectivity index (χ4n) is 4.12. The molecule has 0 aliphatic rings. The Hall–Kier alpha value is -0.770. The maximum Gasteiger partial charge on any atom is 0.122 e. The van der Waals surface area contributed by atoms with Gasteiger partial charge in [-0.05, 0) is 25.7 Å². The van der Waals surface area contributed by atoms with Crippen molar-refractivity contribution in [1.29, 1.82) is 0 Å². The molecule has 4 unspecified atom stereocenters. The third-order valence-electron chi connectivity index (χ3n) is 6.73. The number of nitrogens with zero attached hydrogens (tertiary/aromatic N) is 1. The molecular formula is C28H59NO7. The van der Waals surface area contributed by atoms with Crippen LogP contribution in [0.25, 0.3) is 0 Å². The molecule has 0 radical (unpaired) electrons. The molecule has 0 aliphatic carbocycles. The van der Waals surface area contributed by atoms with Gasteiger partial charge in [0.05, 0.1) is 39.8 Å². The normalized spacial score (nSPS) is 15.0. The zero-order valence-electron chi connectivity index (χ0n) is 23.7. The Bertz CT molecular complexity index is 469. The van der Waals surface area contributed by atoms with E-state index in [0.717, 1.165) is 0 Å². The second-order valence-electron chi connectivity index (χ2n) is 10.8. The van der Waals surface area contributed by atoms with Crippen LogP contribution in [0.5, 0.6) is 0 Å². The largest absolute Gasteiger partial charge is 0.547 e. The predicted molar refractivity (Wildman–Crippen MR) is 143 cm³/mol. The number of rotatable bonds is 23. The molecular weight excluding hydrogens is 462 g/mol. The number of hydrogen-bond acceptors (Lipinski definition) is 7. The van der Waals surface area contributed by atoms with Crippen molar-refractivity contribution < 1.29 is 39.9 Å². The van der Waals surface area contributed by atoms with E-state index in [1.54, 1.807) is 0 Å². The van der Waals surface area contributed by atoms with E-state index in [1.807, 2.05) is 0 Å². The van der Waals surface area contributed by atoms with E-state index in [1.165, 1.54) is 120 Å². The van der Waals surface area contributed by atoms with Crippen LogP contribution < -0.4 is 5.11 Å². The molecule has 8 nitrogen and oxygen atoms in total. The summed E-state index contributed by atoms with van der Waals surface area (Å²) in [6.07, 6.45) is 15.0.